The number of carbonyl (C=O) groups excluding carboxylic acids is 1. The minimum Gasteiger partial charge on any atom is -0.492 e. The van der Waals surface area contributed by atoms with Gasteiger partial charge >= 0.3 is 0 Å². The van der Waals surface area contributed by atoms with E-state index in [9.17, 15) is 4.79 Å². The molecule has 0 saturated carbocycles. The number of para-hydroxylation sites is 3. The van der Waals surface area contributed by atoms with E-state index in [1.54, 1.807) is 0 Å². The number of rotatable bonds is 4. The van der Waals surface area contributed by atoms with E-state index in [0.29, 0.717) is 23.7 Å². The van der Waals surface area contributed by atoms with Crippen LogP contribution >= 0.6 is 0 Å². The number of carbonyl (C=O) groups is 1. The molecule has 0 radical (unpaired) electrons. The van der Waals surface area contributed by atoms with Crippen molar-refractivity contribution in [1.82, 2.24) is 4.57 Å². The molecule has 1 heterocycles. The number of aromatic nitrogens is 1. The molecule has 0 spiro atoms. The molecule has 3 aromatic rings. The quantitative estimate of drug-likeness (QED) is 0.794. The number of fused-ring (bicyclic) bond motifs is 1. The molecule has 0 aliphatic rings. The molecule has 4 nitrogen and oxygen atoms in total. The minimum atomic E-state index is -0.147. The summed E-state index contributed by atoms with van der Waals surface area (Å²) in [4.78, 5) is 12.6. The summed E-state index contributed by atoms with van der Waals surface area (Å²) < 4.78 is 7.44. The average molecular weight is 294 g/mol. The van der Waals surface area contributed by atoms with Crippen LogP contribution in [-0.4, -0.2) is 17.1 Å². The average Bonchev–Trinajstić information content (AvgIpc) is 2.87. The first-order chi connectivity index (χ1) is 10.7. The lowest BCUT2D eigenvalue weighted by Gasteiger charge is -2.11. The van der Waals surface area contributed by atoms with Crippen molar-refractivity contribution < 1.29 is 9.53 Å². The van der Waals surface area contributed by atoms with Gasteiger partial charge < -0.3 is 14.6 Å². The second-order valence-electron chi connectivity index (χ2n) is 5.03. The van der Waals surface area contributed by atoms with E-state index < -0.39 is 0 Å². The number of ether oxygens (including phenoxy) is 1. The van der Waals surface area contributed by atoms with Crippen molar-refractivity contribution >= 4 is 22.5 Å². The maximum Gasteiger partial charge on any atom is 0.272 e. The zero-order valence-electron chi connectivity index (χ0n) is 12.7. The molecule has 1 N–H and O–H groups in total. The van der Waals surface area contributed by atoms with Crippen LogP contribution in [0.4, 0.5) is 5.69 Å². The van der Waals surface area contributed by atoms with Crippen molar-refractivity contribution in [1.29, 1.82) is 0 Å². The molecule has 1 amide bonds. The van der Waals surface area contributed by atoms with E-state index in [1.165, 1.54) is 0 Å². The Balaban J connectivity index is 1.92. The van der Waals surface area contributed by atoms with Crippen LogP contribution in [-0.2, 0) is 7.05 Å². The lowest BCUT2D eigenvalue weighted by Crippen LogP contribution is -2.16. The number of anilines is 1. The van der Waals surface area contributed by atoms with Crippen molar-refractivity contribution in [3.8, 4) is 5.75 Å². The predicted molar refractivity (Wildman–Crippen MR) is 88.5 cm³/mol. The Morgan fingerprint density at radius 1 is 1.14 bits per heavy atom. The molecule has 0 unspecified atom stereocenters. The highest BCUT2D eigenvalue weighted by Gasteiger charge is 2.14. The first kappa shape index (κ1) is 14.2. The fraction of sp³-hybridized carbons (Fsp3) is 0.167. The fourth-order valence-electron chi connectivity index (χ4n) is 2.54. The van der Waals surface area contributed by atoms with Crippen molar-refractivity contribution in [3.63, 3.8) is 0 Å². The third-order valence-corrected chi connectivity index (χ3v) is 3.62. The maximum absolute atomic E-state index is 12.6. The number of aryl methyl sites for hydroxylation is 1. The molecule has 4 heteroatoms. The first-order valence-corrected chi connectivity index (χ1v) is 7.28. The number of nitrogens with one attached hydrogen (secondary N) is 1. The van der Waals surface area contributed by atoms with Crippen LogP contribution in [0.15, 0.2) is 54.6 Å². The van der Waals surface area contributed by atoms with Crippen LogP contribution < -0.4 is 10.1 Å². The summed E-state index contributed by atoms with van der Waals surface area (Å²) in [5, 5.41) is 3.98. The summed E-state index contributed by atoms with van der Waals surface area (Å²) in [6.45, 7) is 2.48. The molecule has 0 saturated heterocycles. The van der Waals surface area contributed by atoms with Crippen molar-refractivity contribution in [2.24, 2.45) is 7.05 Å². The highest BCUT2D eigenvalue weighted by atomic mass is 16.5. The first-order valence-electron chi connectivity index (χ1n) is 7.28. The van der Waals surface area contributed by atoms with Gasteiger partial charge in [0.1, 0.15) is 11.4 Å². The van der Waals surface area contributed by atoms with Crippen LogP contribution in [0.25, 0.3) is 10.9 Å². The van der Waals surface area contributed by atoms with Crippen LogP contribution in [0.2, 0.25) is 0 Å². The summed E-state index contributed by atoms with van der Waals surface area (Å²) >= 11 is 0. The summed E-state index contributed by atoms with van der Waals surface area (Å²) in [6.07, 6.45) is 0. The van der Waals surface area contributed by atoms with Gasteiger partial charge in [-0.15, -0.1) is 0 Å². The minimum absolute atomic E-state index is 0.147. The number of hydrogen-bond acceptors (Lipinski definition) is 2. The normalized spacial score (nSPS) is 10.6. The number of amides is 1. The largest absolute Gasteiger partial charge is 0.492 e. The standard InChI is InChI=1S/C18H18N2O2/c1-3-22-17-11-7-5-9-14(17)19-18(21)16-12-13-8-4-6-10-15(13)20(16)2/h4-12H,3H2,1-2H3,(H,19,21). The van der Waals surface area contributed by atoms with Gasteiger partial charge in [0.15, 0.2) is 0 Å². The van der Waals surface area contributed by atoms with E-state index in [2.05, 4.69) is 5.32 Å². The highest BCUT2D eigenvalue weighted by Crippen LogP contribution is 2.25. The van der Waals surface area contributed by atoms with Crippen LogP contribution in [0, 0.1) is 0 Å². The molecule has 3 rings (SSSR count). The second kappa shape index (κ2) is 5.93. The van der Waals surface area contributed by atoms with Crippen LogP contribution in [0.3, 0.4) is 0 Å². The Hall–Kier alpha value is -2.75. The zero-order chi connectivity index (χ0) is 15.5. The van der Waals surface area contributed by atoms with Gasteiger partial charge in [0, 0.05) is 18.0 Å². The Labute approximate surface area is 129 Å². The van der Waals surface area contributed by atoms with E-state index in [0.717, 1.165) is 10.9 Å². The Morgan fingerprint density at radius 3 is 2.64 bits per heavy atom. The van der Waals surface area contributed by atoms with E-state index in [-0.39, 0.29) is 5.91 Å². The van der Waals surface area contributed by atoms with Gasteiger partial charge in [0.05, 0.1) is 12.3 Å². The lowest BCUT2D eigenvalue weighted by molar-refractivity contribution is 0.101. The van der Waals surface area contributed by atoms with Gasteiger partial charge in [0.25, 0.3) is 5.91 Å². The van der Waals surface area contributed by atoms with Crippen molar-refractivity contribution in [2.45, 2.75) is 6.92 Å². The smallest absolute Gasteiger partial charge is 0.272 e. The van der Waals surface area contributed by atoms with E-state index in [1.807, 2.05) is 73.1 Å². The summed E-state index contributed by atoms with van der Waals surface area (Å²) in [5.74, 6) is 0.531. The molecule has 22 heavy (non-hydrogen) atoms. The molecule has 0 fully saturated rings. The molecular formula is C18H18N2O2. The van der Waals surface area contributed by atoms with Crippen molar-refractivity contribution in [2.75, 3.05) is 11.9 Å². The van der Waals surface area contributed by atoms with Crippen LogP contribution in [0.1, 0.15) is 17.4 Å². The monoisotopic (exact) mass is 294 g/mol. The van der Waals surface area contributed by atoms with Gasteiger partial charge in [0.2, 0.25) is 0 Å². The van der Waals surface area contributed by atoms with Gasteiger partial charge in [-0.25, -0.2) is 0 Å². The van der Waals surface area contributed by atoms with Gasteiger partial charge in [-0.3, -0.25) is 4.79 Å². The number of hydrogen-bond donors (Lipinski definition) is 1. The number of nitrogens with zero attached hydrogens (tertiary/aromatic N) is 1. The third kappa shape index (κ3) is 2.55. The Bertz CT molecular complexity index is 821. The second-order valence-corrected chi connectivity index (χ2v) is 5.03. The topological polar surface area (TPSA) is 43.3 Å². The predicted octanol–water partition coefficient (Wildman–Crippen LogP) is 3.83. The van der Waals surface area contributed by atoms with Gasteiger partial charge in [-0.1, -0.05) is 30.3 Å². The van der Waals surface area contributed by atoms with E-state index >= 15 is 0 Å². The third-order valence-electron chi connectivity index (χ3n) is 3.62. The molecule has 1 aromatic heterocycles. The summed E-state index contributed by atoms with van der Waals surface area (Å²) in [6, 6.07) is 17.3. The molecule has 0 bridgehead atoms. The van der Waals surface area contributed by atoms with E-state index in [4.69, 9.17) is 4.74 Å². The molecule has 2 aromatic carbocycles. The number of benzene rings is 2. The highest BCUT2D eigenvalue weighted by molar-refractivity contribution is 6.07. The molecule has 112 valence electrons. The molecule has 0 atom stereocenters. The zero-order valence-corrected chi connectivity index (χ0v) is 12.7. The lowest BCUT2D eigenvalue weighted by atomic mass is 10.2. The Morgan fingerprint density at radius 2 is 1.86 bits per heavy atom. The van der Waals surface area contributed by atoms with Crippen molar-refractivity contribution in [3.05, 3.63) is 60.3 Å². The maximum atomic E-state index is 12.6. The molecule has 0 aliphatic carbocycles. The van der Waals surface area contributed by atoms with Gasteiger partial charge in [-0.05, 0) is 31.2 Å². The summed E-state index contributed by atoms with van der Waals surface area (Å²) in [5.41, 5.74) is 2.33. The molecular weight excluding hydrogens is 276 g/mol. The SMILES string of the molecule is CCOc1ccccc1NC(=O)c1cc2ccccc2n1C. The Kier molecular flexibility index (Phi) is 3.83. The summed E-state index contributed by atoms with van der Waals surface area (Å²) in [7, 11) is 1.89. The van der Waals surface area contributed by atoms with Crippen LogP contribution in [0.5, 0.6) is 5.75 Å². The fourth-order valence-corrected chi connectivity index (χ4v) is 2.54. The van der Waals surface area contributed by atoms with Gasteiger partial charge in [-0.2, -0.15) is 0 Å². The molecule has 0 aliphatic heterocycles.